The van der Waals surface area contributed by atoms with Gasteiger partial charge in [-0.05, 0) is 47.2 Å². The average Bonchev–Trinajstić information content (AvgIpc) is 3.02. The van der Waals surface area contributed by atoms with Gasteiger partial charge in [-0.3, -0.25) is 0 Å². The predicted molar refractivity (Wildman–Crippen MR) is 80.6 cm³/mol. The number of ether oxygens (including phenoxy) is 1. The number of aliphatic hydroxyl groups excluding tert-OH is 1. The van der Waals surface area contributed by atoms with Crippen LogP contribution in [0.25, 0.3) is 5.69 Å². The molecule has 0 fully saturated rings. The molecule has 112 valence electrons. The lowest BCUT2D eigenvalue weighted by molar-refractivity contribution is 0.198. The van der Waals surface area contributed by atoms with E-state index >= 15 is 0 Å². The summed E-state index contributed by atoms with van der Waals surface area (Å²) in [6.07, 6.45) is -0.529. The molecule has 0 amide bonds. The topological polar surface area (TPSA) is 73.1 Å². The van der Waals surface area contributed by atoms with Gasteiger partial charge in [-0.2, -0.15) is 4.68 Å². The molecule has 0 aliphatic rings. The number of tetrazole rings is 1. The summed E-state index contributed by atoms with van der Waals surface area (Å²) in [4.78, 5) is 0. The Bertz CT molecular complexity index is 741. The van der Waals surface area contributed by atoms with Crippen molar-refractivity contribution in [1.29, 1.82) is 0 Å². The van der Waals surface area contributed by atoms with Gasteiger partial charge in [0.1, 0.15) is 12.4 Å². The van der Waals surface area contributed by atoms with Gasteiger partial charge in [-0.15, -0.1) is 5.10 Å². The quantitative estimate of drug-likeness (QED) is 0.782. The number of aromatic nitrogens is 4. The minimum absolute atomic E-state index is 0.241. The second-order valence-electron chi connectivity index (χ2n) is 4.88. The second kappa shape index (κ2) is 6.36. The van der Waals surface area contributed by atoms with Crippen molar-refractivity contribution in [3.63, 3.8) is 0 Å². The first-order valence-electron chi connectivity index (χ1n) is 6.97. The minimum atomic E-state index is -0.529. The molecule has 0 spiro atoms. The zero-order valence-electron chi connectivity index (χ0n) is 12.1. The SMILES string of the molecule is CC(O)c1cccc(OCc2nnnn2-c2ccccc2)c1. The fourth-order valence-electron chi connectivity index (χ4n) is 2.08. The lowest BCUT2D eigenvalue weighted by Crippen LogP contribution is -2.07. The molecule has 1 heterocycles. The van der Waals surface area contributed by atoms with Crippen LogP contribution in [0.1, 0.15) is 24.4 Å². The van der Waals surface area contributed by atoms with E-state index in [2.05, 4.69) is 15.5 Å². The maximum absolute atomic E-state index is 9.60. The van der Waals surface area contributed by atoms with E-state index in [4.69, 9.17) is 4.74 Å². The Labute approximate surface area is 128 Å². The molecule has 3 aromatic rings. The minimum Gasteiger partial charge on any atom is -0.486 e. The van der Waals surface area contributed by atoms with Gasteiger partial charge >= 0.3 is 0 Å². The fraction of sp³-hybridized carbons (Fsp3) is 0.188. The first-order valence-corrected chi connectivity index (χ1v) is 6.97. The highest BCUT2D eigenvalue weighted by Gasteiger charge is 2.09. The Morgan fingerprint density at radius 2 is 1.95 bits per heavy atom. The van der Waals surface area contributed by atoms with Crippen LogP contribution in [0.4, 0.5) is 0 Å². The highest BCUT2D eigenvalue weighted by molar-refractivity contribution is 5.31. The van der Waals surface area contributed by atoms with Crippen molar-refractivity contribution in [3.8, 4) is 11.4 Å². The number of rotatable bonds is 5. The smallest absolute Gasteiger partial charge is 0.194 e. The van der Waals surface area contributed by atoms with Crippen molar-refractivity contribution in [2.45, 2.75) is 19.6 Å². The monoisotopic (exact) mass is 296 g/mol. The number of nitrogens with zero attached hydrogens (tertiary/aromatic N) is 4. The summed E-state index contributed by atoms with van der Waals surface area (Å²) in [7, 11) is 0. The first kappa shape index (κ1) is 14.2. The largest absolute Gasteiger partial charge is 0.486 e. The van der Waals surface area contributed by atoms with Crippen LogP contribution >= 0.6 is 0 Å². The van der Waals surface area contributed by atoms with E-state index in [9.17, 15) is 5.11 Å². The average molecular weight is 296 g/mol. The molecule has 0 aliphatic heterocycles. The van der Waals surface area contributed by atoms with Crippen molar-refractivity contribution in [1.82, 2.24) is 20.2 Å². The van der Waals surface area contributed by atoms with Crippen LogP contribution in [0, 0.1) is 0 Å². The molecule has 1 atom stereocenters. The Hall–Kier alpha value is -2.73. The molecule has 3 rings (SSSR count). The van der Waals surface area contributed by atoms with E-state index in [1.165, 1.54) is 0 Å². The lowest BCUT2D eigenvalue weighted by atomic mass is 10.1. The van der Waals surface area contributed by atoms with Crippen LogP contribution in [0.2, 0.25) is 0 Å². The molecular weight excluding hydrogens is 280 g/mol. The van der Waals surface area contributed by atoms with Gasteiger partial charge in [0.15, 0.2) is 5.82 Å². The number of hydrogen-bond acceptors (Lipinski definition) is 5. The zero-order valence-corrected chi connectivity index (χ0v) is 12.1. The third-order valence-electron chi connectivity index (χ3n) is 3.24. The van der Waals surface area contributed by atoms with Gasteiger partial charge in [0.2, 0.25) is 0 Å². The van der Waals surface area contributed by atoms with Crippen molar-refractivity contribution in [3.05, 3.63) is 66.0 Å². The van der Waals surface area contributed by atoms with Crippen LogP contribution in [0.15, 0.2) is 54.6 Å². The molecule has 1 aromatic heterocycles. The van der Waals surface area contributed by atoms with Gasteiger partial charge in [0.05, 0.1) is 11.8 Å². The normalized spacial score (nSPS) is 12.1. The molecule has 0 saturated heterocycles. The Balaban J connectivity index is 1.75. The summed E-state index contributed by atoms with van der Waals surface area (Å²) in [6.45, 7) is 1.96. The van der Waals surface area contributed by atoms with Crippen LogP contribution in [-0.2, 0) is 6.61 Å². The Morgan fingerprint density at radius 3 is 2.73 bits per heavy atom. The molecule has 22 heavy (non-hydrogen) atoms. The van der Waals surface area contributed by atoms with Crippen molar-refractivity contribution >= 4 is 0 Å². The Kier molecular flexibility index (Phi) is 4.11. The maximum Gasteiger partial charge on any atom is 0.194 e. The van der Waals surface area contributed by atoms with E-state index in [1.807, 2.05) is 48.5 Å². The predicted octanol–water partition coefficient (Wildman–Crippen LogP) is 2.29. The summed E-state index contributed by atoms with van der Waals surface area (Å²) in [5.41, 5.74) is 1.68. The highest BCUT2D eigenvalue weighted by Crippen LogP contribution is 2.19. The van der Waals surface area contributed by atoms with Gasteiger partial charge in [-0.25, -0.2) is 0 Å². The molecule has 2 aromatic carbocycles. The third kappa shape index (κ3) is 3.12. The number of para-hydroxylation sites is 1. The highest BCUT2D eigenvalue weighted by atomic mass is 16.5. The van der Waals surface area contributed by atoms with E-state index in [1.54, 1.807) is 17.7 Å². The van der Waals surface area contributed by atoms with Gasteiger partial charge in [0.25, 0.3) is 0 Å². The van der Waals surface area contributed by atoms with Gasteiger partial charge < -0.3 is 9.84 Å². The molecule has 0 saturated carbocycles. The maximum atomic E-state index is 9.60. The molecule has 1 unspecified atom stereocenters. The molecule has 0 aliphatic carbocycles. The van der Waals surface area contributed by atoms with Gasteiger partial charge in [-0.1, -0.05) is 30.3 Å². The number of hydrogen-bond donors (Lipinski definition) is 1. The zero-order chi connectivity index (χ0) is 15.4. The molecule has 6 heteroatoms. The first-order chi connectivity index (χ1) is 10.7. The van der Waals surface area contributed by atoms with E-state index in [-0.39, 0.29) is 6.61 Å². The van der Waals surface area contributed by atoms with E-state index in [0.717, 1.165) is 11.3 Å². The molecular formula is C16H16N4O2. The van der Waals surface area contributed by atoms with Crippen LogP contribution in [0.3, 0.4) is 0 Å². The van der Waals surface area contributed by atoms with E-state index < -0.39 is 6.10 Å². The van der Waals surface area contributed by atoms with Crippen LogP contribution in [0.5, 0.6) is 5.75 Å². The molecule has 0 bridgehead atoms. The van der Waals surface area contributed by atoms with Crippen LogP contribution in [-0.4, -0.2) is 25.3 Å². The number of aliphatic hydroxyl groups is 1. The molecule has 0 radical (unpaired) electrons. The van der Waals surface area contributed by atoms with Crippen molar-refractivity contribution in [2.75, 3.05) is 0 Å². The van der Waals surface area contributed by atoms with Gasteiger partial charge in [0, 0.05) is 0 Å². The Morgan fingerprint density at radius 1 is 1.14 bits per heavy atom. The second-order valence-corrected chi connectivity index (χ2v) is 4.88. The van der Waals surface area contributed by atoms with Crippen molar-refractivity contribution < 1.29 is 9.84 Å². The summed E-state index contributed by atoms with van der Waals surface area (Å²) >= 11 is 0. The van der Waals surface area contributed by atoms with Crippen LogP contribution < -0.4 is 4.74 Å². The lowest BCUT2D eigenvalue weighted by Gasteiger charge is -2.09. The third-order valence-corrected chi connectivity index (χ3v) is 3.24. The fourth-order valence-corrected chi connectivity index (χ4v) is 2.08. The molecule has 1 N–H and O–H groups in total. The summed E-state index contributed by atoms with van der Waals surface area (Å²) in [6, 6.07) is 17.0. The standard InChI is InChI=1S/C16H16N4O2/c1-12(21)13-6-5-9-15(10-13)22-11-16-17-18-19-20(16)14-7-3-2-4-8-14/h2-10,12,21H,11H2,1H3. The number of benzene rings is 2. The van der Waals surface area contributed by atoms with Crippen molar-refractivity contribution in [2.24, 2.45) is 0 Å². The molecule has 6 nitrogen and oxygen atoms in total. The van der Waals surface area contributed by atoms with E-state index in [0.29, 0.717) is 11.6 Å². The summed E-state index contributed by atoms with van der Waals surface area (Å²) in [5, 5.41) is 21.3. The summed E-state index contributed by atoms with van der Waals surface area (Å²) in [5.74, 6) is 1.27. The summed E-state index contributed by atoms with van der Waals surface area (Å²) < 4.78 is 7.37.